The molecule has 0 aliphatic carbocycles. The van der Waals surface area contributed by atoms with E-state index in [0.29, 0.717) is 5.69 Å². The molecule has 0 amide bonds. The molecule has 0 aromatic carbocycles. The predicted molar refractivity (Wildman–Crippen MR) is 50.6 cm³/mol. The van der Waals surface area contributed by atoms with Gasteiger partial charge in [0.25, 0.3) is 0 Å². The summed E-state index contributed by atoms with van der Waals surface area (Å²) in [5.41, 5.74) is 0.691. The van der Waals surface area contributed by atoms with Crippen LogP contribution in [0.3, 0.4) is 0 Å². The maximum absolute atomic E-state index is 10.6. The van der Waals surface area contributed by atoms with E-state index >= 15 is 0 Å². The highest BCUT2D eigenvalue weighted by Gasteiger charge is 2.19. The van der Waals surface area contributed by atoms with Gasteiger partial charge in [-0.3, -0.25) is 0 Å². The Kier molecular flexibility index (Phi) is 2.07. The SMILES string of the molecule is Cc1nc(C(=O)O)cnc1N1CCC1. The minimum Gasteiger partial charge on any atom is -0.476 e. The summed E-state index contributed by atoms with van der Waals surface area (Å²) in [6.45, 7) is 3.76. The van der Waals surface area contributed by atoms with Crippen molar-refractivity contribution < 1.29 is 9.90 Å². The van der Waals surface area contributed by atoms with Crippen molar-refractivity contribution in [3.63, 3.8) is 0 Å². The average molecular weight is 193 g/mol. The first kappa shape index (κ1) is 8.93. The van der Waals surface area contributed by atoms with E-state index in [2.05, 4.69) is 14.9 Å². The van der Waals surface area contributed by atoms with E-state index < -0.39 is 5.97 Å². The molecule has 0 bridgehead atoms. The normalized spacial score (nSPS) is 15.1. The van der Waals surface area contributed by atoms with Crippen LogP contribution in [0.4, 0.5) is 5.82 Å². The molecule has 0 radical (unpaired) electrons. The van der Waals surface area contributed by atoms with Crippen molar-refractivity contribution in [1.29, 1.82) is 0 Å². The van der Waals surface area contributed by atoms with Gasteiger partial charge in [0, 0.05) is 13.1 Å². The van der Waals surface area contributed by atoms with E-state index in [-0.39, 0.29) is 5.69 Å². The van der Waals surface area contributed by atoms with Crippen LogP contribution >= 0.6 is 0 Å². The molecule has 0 saturated carbocycles. The number of anilines is 1. The van der Waals surface area contributed by atoms with Gasteiger partial charge >= 0.3 is 5.97 Å². The predicted octanol–water partition coefficient (Wildman–Crippen LogP) is 0.693. The highest BCUT2D eigenvalue weighted by Crippen LogP contribution is 2.20. The minimum atomic E-state index is -1.03. The highest BCUT2D eigenvalue weighted by molar-refractivity contribution is 5.85. The number of hydrogen-bond acceptors (Lipinski definition) is 4. The largest absolute Gasteiger partial charge is 0.476 e. The quantitative estimate of drug-likeness (QED) is 0.748. The van der Waals surface area contributed by atoms with Crippen molar-refractivity contribution in [1.82, 2.24) is 9.97 Å². The zero-order valence-electron chi connectivity index (χ0n) is 7.90. The van der Waals surface area contributed by atoms with Crippen LogP contribution in [0.15, 0.2) is 6.20 Å². The first-order valence-corrected chi connectivity index (χ1v) is 4.50. The van der Waals surface area contributed by atoms with Crippen molar-refractivity contribution in [3.05, 3.63) is 17.6 Å². The number of carboxylic acid groups (broad SMARTS) is 1. The van der Waals surface area contributed by atoms with Crippen LogP contribution in [-0.4, -0.2) is 34.1 Å². The van der Waals surface area contributed by atoms with Gasteiger partial charge in [-0.2, -0.15) is 0 Å². The van der Waals surface area contributed by atoms with Crippen LogP contribution in [0, 0.1) is 6.92 Å². The van der Waals surface area contributed by atoms with Gasteiger partial charge in [-0.25, -0.2) is 14.8 Å². The van der Waals surface area contributed by atoms with E-state index in [1.807, 2.05) is 0 Å². The lowest BCUT2D eigenvalue weighted by atomic mass is 10.2. The van der Waals surface area contributed by atoms with Gasteiger partial charge in [-0.1, -0.05) is 0 Å². The fourth-order valence-electron chi connectivity index (χ4n) is 1.42. The van der Waals surface area contributed by atoms with Crippen molar-refractivity contribution in [2.75, 3.05) is 18.0 Å². The minimum absolute atomic E-state index is 0.00627. The van der Waals surface area contributed by atoms with Gasteiger partial charge in [-0.05, 0) is 13.3 Å². The Labute approximate surface area is 81.4 Å². The molecule has 5 heteroatoms. The summed E-state index contributed by atoms with van der Waals surface area (Å²) < 4.78 is 0. The Morgan fingerprint density at radius 1 is 1.57 bits per heavy atom. The van der Waals surface area contributed by atoms with Gasteiger partial charge < -0.3 is 10.0 Å². The number of aryl methyl sites for hydroxylation is 1. The van der Waals surface area contributed by atoms with Crippen molar-refractivity contribution in [2.45, 2.75) is 13.3 Å². The Balaban J connectivity index is 2.30. The van der Waals surface area contributed by atoms with Gasteiger partial charge in [0.05, 0.1) is 11.9 Å². The molecular weight excluding hydrogens is 182 g/mol. The topological polar surface area (TPSA) is 66.3 Å². The molecule has 1 aromatic rings. The van der Waals surface area contributed by atoms with Crippen LogP contribution in [0.25, 0.3) is 0 Å². The van der Waals surface area contributed by atoms with Gasteiger partial charge in [0.2, 0.25) is 0 Å². The number of carboxylic acids is 1. The van der Waals surface area contributed by atoms with E-state index in [0.717, 1.165) is 18.9 Å². The van der Waals surface area contributed by atoms with Crippen molar-refractivity contribution in [3.8, 4) is 0 Å². The summed E-state index contributed by atoms with van der Waals surface area (Å²) >= 11 is 0. The number of rotatable bonds is 2. The lowest BCUT2D eigenvalue weighted by Gasteiger charge is -2.32. The second kappa shape index (κ2) is 3.25. The highest BCUT2D eigenvalue weighted by atomic mass is 16.4. The summed E-state index contributed by atoms with van der Waals surface area (Å²) in [6, 6.07) is 0. The van der Waals surface area contributed by atoms with Crippen LogP contribution < -0.4 is 4.90 Å². The second-order valence-corrected chi connectivity index (χ2v) is 3.31. The first-order valence-electron chi connectivity index (χ1n) is 4.50. The Bertz CT molecular complexity index is 374. The van der Waals surface area contributed by atoms with Crippen LogP contribution in [-0.2, 0) is 0 Å². The number of aromatic carboxylic acids is 1. The summed E-state index contributed by atoms with van der Waals surface area (Å²) in [4.78, 5) is 20.8. The lowest BCUT2D eigenvalue weighted by Crippen LogP contribution is -2.38. The smallest absolute Gasteiger partial charge is 0.356 e. The van der Waals surface area contributed by atoms with Crippen LogP contribution in [0.5, 0.6) is 0 Å². The Morgan fingerprint density at radius 3 is 2.71 bits per heavy atom. The van der Waals surface area contributed by atoms with E-state index in [1.165, 1.54) is 12.6 Å². The molecule has 1 saturated heterocycles. The van der Waals surface area contributed by atoms with Crippen LogP contribution in [0.1, 0.15) is 22.6 Å². The molecule has 1 N–H and O–H groups in total. The van der Waals surface area contributed by atoms with Gasteiger partial charge in [0.1, 0.15) is 5.82 Å². The Morgan fingerprint density at radius 2 is 2.29 bits per heavy atom. The molecule has 74 valence electrons. The fourth-order valence-corrected chi connectivity index (χ4v) is 1.42. The molecule has 1 aromatic heterocycles. The third-order valence-corrected chi connectivity index (χ3v) is 2.30. The molecule has 0 spiro atoms. The molecule has 5 nitrogen and oxygen atoms in total. The molecule has 1 fully saturated rings. The third-order valence-electron chi connectivity index (χ3n) is 2.30. The zero-order chi connectivity index (χ0) is 10.1. The number of carbonyl (C=O) groups is 1. The van der Waals surface area contributed by atoms with E-state index in [9.17, 15) is 4.79 Å². The van der Waals surface area contributed by atoms with E-state index in [1.54, 1.807) is 6.92 Å². The van der Waals surface area contributed by atoms with Gasteiger partial charge in [-0.15, -0.1) is 0 Å². The lowest BCUT2D eigenvalue weighted by molar-refractivity contribution is 0.0689. The average Bonchev–Trinajstić information content (AvgIpc) is 2.04. The van der Waals surface area contributed by atoms with Crippen molar-refractivity contribution in [2.24, 2.45) is 0 Å². The molecule has 1 aliphatic heterocycles. The maximum atomic E-state index is 10.6. The summed E-state index contributed by atoms with van der Waals surface area (Å²) in [5, 5.41) is 8.69. The van der Waals surface area contributed by atoms with Crippen molar-refractivity contribution >= 4 is 11.8 Å². The Hall–Kier alpha value is -1.65. The monoisotopic (exact) mass is 193 g/mol. The zero-order valence-corrected chi connectivity index (χ0v) is 7.90. The molecular formula is C9H11N3O2. The molecule has 2 heterocycles. The standard InChI is InChI=1S/C9H11N3O2/c1-6-8(12-3-2-4-12)10-5-7(11-6)9(13)14/h5H,2-4H2,1H3,(H,13,14). The van der Waals surface area contributed by atoms with E-state index in [4.69, 9.17) is 5.11 Å². The molecule has 0 unspecified atom stereocenters. The number of hydrogen-bond donors (Lipinski definition) is 1. The third kappa shape index (κ3) is 1.41. The molecule has 14 heavy (non-hydrogen) atoms. The first-order chi connectivity index (χ1) is 6.68. The fraction of sp³-hybridized carbons (Fsp3) is 0.444. The summed E-state index contributed by atoms with van der Waals surface area (Å²) in [5.74, 6) is -0.225. The number of nitrogens with zero attached hydrogens (tertiary/aromatic N) is 3. The van der Waals surface area contributed by atoms with Gasteiger partial charge in [0.15, 0.2) is 5.69 Å². The molecule has 2 rings (SSSR count). The summed E-state index contributed by atoms with van der Waals surface area (Å²) in [7, 11) is 0. The molecule has 0 atom stereocenters. The summed E-state index contributed by atoms with van der Waals surface area (Å²) in [6.07, 6.45) is 2.48. The molecule has 1 aliphatic rings. The second-order valence-electron chi connectivity index (χ2n) is 3.31. The number of aromatic nitrogens is 2. The van der Waals surface area contributed by atoms with Crippen LogP contribution in [0.2, 0.25) is 0 Å². The maximum Gasteiger partial charge on any atom is 0.356 e.